The van der Waals surface area contributed by atoms with Crippen molar-refractivity contribution in [1.82, 2.24) is 18.9 Å². The van der Waals surface area contributed by atoms with Gasteiger partial charge in [-0.1, -0.05) is 54.6 Å². The quantitative estimate of drug-likeness (QED) is 0.202. The van der Waals surface area contributed by atoms with Crippen molar-refractivity contribution < 1.29 is 0 Å². The first-order valence-electron chi connectivity index (χ1n) is 14.0. The number of nitrogens with zero attached hydrogens (tertiary/aromatic N) is 4. The Bertz CT molecular complexity index is 2550. The Labute approximate surface area is 234 Å². The fourth-order valence-electron chi connectivity index (χ4n) is 7.20. The second-order valence-corrected chi connectivity index (χ2v) is 11.1. The van der Waals surface area contributed by atoms with Crippen molar-refractivity contribution in [3.05, 3.63) is 133 Å². The smallest absolute Gasteiger partial charge is 0.146 e. The zero-order valence-electron chi connectivity index (χ0n) is 22.0. The molecule has 0 amide bonds. The number of fused-ring (bicyclic) bond motifs is 14. The molecule has 41 heavy (non-hydrogen) atoms. The van der Waals surface area contributed by atoms with E-state index >= 15 is 0 Å². The van der Waals surface area contributed by atoms with Crippen LogP contribution in [0.4, 0.5) is 0 Å². The summed E-state index contributed by atoms with van der Waals surface area (Å²) < 4.78 is 4.73. The third kappa shape index (κ3) is 2.74. The maximum Gasteiger partial charge on any atom is 0.146 e. The second kappa shape index (κ2) is 7.58. The van der Waals surface area contributed by atoms with E-state index in [0.717, 1.165) is 45.1 Å². The Morgan fingerprint density at radius 3 is 2.29 bits per heavy atom. The van der Waals surface area contributed by atoms with Crippen LogP contribution in [0.1, 0.15) is 11.1 Å². The molecule has 10 rings (SSSR count). The molecule has 0 saturated heterocycles. The maximum absolute atomic E-state index is 5.17. The van der Waals surface area contributed by atoms with Crippen molar-refractivity contribution >= 4 is 60.2 Å². The highest BCUT2D eigenvalue weighted by atomic mass is 15.0. The van der Waals surface area contributed by atoms with Crippen molar-refractivity contribution in [2.45, 2.75) is 6.42 Å². The summed E-state index contributed by atoms with van der Waals surface area (Å²) in [6.45, 7) is 0. The minimum absolute atomic E-state index is 0.971. The highest BCUT2D eigenvalue weighted by molar-refractivity contribution is 6.21. The number of pyridine rings is 2. The normalized spacial score (nSPS) is 12.8. The number of para-hydroxylation sites is 3. The SMILES string of the molecule is c1ccc(-n2c3cc4c(cc3c3cc5c(cc32)c2cnccc2n2c3ccccc3nc52)Cc2ccccc2-4)cc1. The lowest BCUT2D eigenvalue weighted by Gasteiger charge is -2.11. The average molecular weight is 523 g/mol. The lowest BCUT2D eigenvalue weighted by molar-refractivity contribution is 1.18. The topological polar surface area (TPSA) is 35.1 Å². The zero-order valence-corrected chi connectivity index (χ0v) is 22.0. The molecular formula is C37H22N4. The molecule has 1 aliphatic rings. The minimum Gasteiger partial charge on any atom is -0.309 e. The predicted molar refractivity (Wildman–Crippen MR) is 168 cm³/mol. The summed E-state index contributed by atoms with van der Waals surface area (Å²) in [4.78, 5) is 9.73. The van der Waals surface area contributed by atoms with Gasteiger partial charge in [0, 0.05) is 39.6 Å². The molecule has 0 saturated carbocycles. The molecule has 0 spiro atoms. The van der Waals surface area contributed by atoms with Gasteiger partial charge in [-0.3, -0.25) is 9.38 Å². The molecule has 0 unspecified atom stereocenters. The van der Waals surface area contributed by atoms with Gasteiger partial charge in [0.1, 0.15) is 5.65 Å². The van der Waals surface area contributed by atoms with Gasteiger partial charge in [0.2, 0.25) is 0 Å². The van der Waals surface area contributed by atoms with Crippen molar-refractivity contribution in [2.24, 2.45) is 0 Å². The Hall–Kier alpha value is -5.48. The van der Waals surface area contributed by atoms with E-state index in [0.29, 0.717) is 0 Å². The van der Waals surface area contributed by atoms with Gasteiger partial charge in [0.25, 0.3) is 0 Å². The van der Waals surface area contributed by atoms with Gasteiger partial charge in [-0.15, -0.1) is 0 Å². The molecule has 0 fully saturated rings. The summed E-state index contributed by atoms with van der Waals surface area (Å²) in [6.07, 6.45) is 4.85. The monoisotopic (exact) mass is 522 g/mol. The molecule has 190 valence electrons. The molecule has 0 N–H and O–H groups in total. The molecule has 4 nitrogen and oxygen atoms in total. The van der Waals surface area contributed by atoms with Gasteiger partial charge in [0.15, 0.2) is 0 Å². The molecule has 1 aliphatic carbocycles. The van der Waals surface area contributed by atoms with E-state index in [1.807, 2.05) is 12.4 Å². The largest absolute Gasteiger partial charge is 0.309 e. The number of aromatic nitrogens is 4. The van der Waals surface area contributed by atoms with E-state index in [4.69, 9.17) is 4.98 Å². The lowest BCUT2D eigenvalue weighted by Crippen LogP contribution is -1.95. The van der Waals surface area contributed by atoms with E-state index in [1.165, 1.54) is 49.4 Å². The molecule has 0 aliphatic heterocycles. The molecule has 0 bridgehead atoms. The third-order valence-corrected chi connectivity index (χ3v) is 8.96. The summed E-state index contributed by atoms with van der Waals surface area (Å²) in [5.41, 5.74) is 13.3. The molecule has 4 heteroatoms. The fraction of sp³-hybridized carbons (Fsp3) is 0.0270. The summed E-state index contributed by atoms with van der Waals surface area (Å²) in [6, 6.07) is 39.6. The lowest BCUT2D eigenvalue weighted by atomic mass is 10.0. The number of imidazole rings is 1. The Balaban J connectivity index is 1.43. The van der Waals surface area contributed by atoms with Crippen molar-refractivity contribution in [3.8, 4) is 16.8 Å². The van der Waals surface area contributed by atoms with Gasteiger partial charge < -0.3 is 4.57 Å². The van der Waals surface area contributed by atoms with Crippen LogP contribution >= 0.6 is 0 Å². The molecule has 9 aromatic rings. The van der Waals surface area contributed by atoms with Crippen LogP contribution in [-0.2, 0) is 6.42 Å². The highest BCUT2D eigenvalue weighted by Gasteiger charge is 2.23. The van der Waals surface area contributed by atoms with Crippen LogP contribution in [0.3, 0.4) is 0 Å². The summed E-state index contributed by atoms with van der Waals surface area (Å²) >= 11 is 0. The van der Waals surface area contributed by atoms with Gasteiger partial charge in [-0.25, -0.2) is 4.98 Å². The Morgan fingerprint density at radius 2 is 1.34 bits per heavy atom. The molecule has 4 aromatic heterocycles. The van der Waals surface area contributed by atoms with E-state index in [9.17, 15) is 0 Å². The third-order valence-electron chi connectivity index (χ3n) is 8.96. The number of rotatable bonds is 1. The zero-order chi connectivity index (χ0) is 26.7. The van der Waals surface area contributed by atoms with Crippen molar-refractivity contribution in [3.63, 3.8) is 0 Å². The van der Waals surface area contributed by atoms with E-state index in [2.05, 4.69) is 123 Å². The van der Waals surface area contributed by atoms with Crippen LogP contribution in [0.25, 0.3) is 77.0 Å². The van der Waals surface area contributed by atoms with Gasteiger partial charge in [0.05, 0.1) is 27.6 Å². The minimum atomic E-state index is 0.971. The van der Waals surface area contributed by atoms with Gasteiger partial charge in [-0.2, -0.15) is 0 Å². The van der Waals surface area contributed by atoms with Crippen LogP contribution in [0, 0.1) is 0 Å². The molecule has 0 radical (unpaired) electrons. The van der Waals surface area contributed by atoms with Crippen LogP contribution in [0.5, 0.6) is 0 Å². The number of hydrogen-bond acceptors (Lipinski definition) is 2. The van der Waals surface area contributed by atoms with Gasteiger partial charge in [-0.05, 0) is 88.7 Å². The number of hydrogen-bond donors (Lipinski definition) is 0. The summed E-state index contributed by atoms with van der Waals surface area (Å²) in [7, 11) is 0. The summed E-state index contributed by atoms with van der Waals surface area (Å²) in [5, 5.41) is 5.96. The molecule has 0 atom stereocenters. The maximum atomic E-state index is 5.17. The standard InChI is InChI=1S/C37H22N4/c1-2-9-24(10-3-1)40-35-19-26-23(16-22-8-4-5-11-25(22)26)17-28(35)29-18-30-27(20-36(29)40)31-21-38-15-14-33(31)41-34-13-7-6-12-32(34)39-37(30)41/h1-15,17-21H,16H2. The first kappa shape index (κ1) is 21.4. The van der Waals surface area contributed by atoms with E-state index in [-0.39, 0.29) is 0 Å². The van der Waals surface area contributed by atoms with Gasteiger partial charge >= 0.3 is 0 Å². The second-order valence-electron chi connectivity index (χ2n) is 11.1. The Morgan fingerprint density at radius 1 is 0.537 bits per heavy atom. The van der Waals surface area contributed by atoms with Crippen LogP contribution in [-0.4, -0.2) is 18.9 Å². The van der Waals surface area contributed by atoms with E-state index in [1.54, 1.807) is 0 Å². The summed E-state index contributed by atoms with van der Waals surface area (Å²) in [5.74, 6) is 0. The van der Waals surface area contributed by atoms with Crippen LogP contribution in [0.15, 0.2) is 122 Å². The Kier molecular flexibility index (Phi) is 3.95. The predicted octanol–water partition coefficient (Wildman–Crippen LogP) is 8.86. The van der Waals surface area contributed by atoms with Crippen LogP contribution < -0.4 is 0 Å². The molecule has 5 aromatic carbocycles. The first-order chi connectivity index (χ1) is 20.3. The first-order valence-corrected chi connectivity index (χ1v) is 14.0. The average Bonchev–Trinajstić information content (AvgIpc) is 3.69. The van der Waals surface area contributed by atoms with Crippen molar-refractivity contribution in [2.75, 3.05) is 0 Å². The molecule has 4 heterocycles. The fourth-order valence-corrected chi connectivity index (χ4v) is 7.20. The van der Waals surface area contributed by atoms with Crippen LogP contribution in [0.2, 0.25) is 0 Å². The van der Waals surface area contributed by atoms with E-state index < -0.39 is 0 Å². The molecular weight excluding hydrogens is 500 g/mol. The van der Waals surface area contributed by atoms with Crippen molar-refractivity contribution in [1.29, 1.82) is 0 Å². The highest BCUT2D eigenvalue weighted by Crippen LogP contribution is 2.44. The number of benzene rings is 5.